The van der Waals surface area contributed by atoms with E-state index in [-0.39, 0.29) is 41.6 Å². The molecule has 1 aromatic rings. The van der Waals surface area contributed by atoms with Crippen LogP contribution < -0.4 is 5.32 Å². The van der Waals surface area contributed by atoms with Crippen LogP contribution in [0.15, 0.2) is 21.8 Å². The van der Waals surface area contributed by atoms with Crippen molar-refractivity contribution in [2.75, 3.05) is 46.4 Å². The maximum Gasteiger partial charge on any atom is 0.310 e. The molecule has 1 aromatic heterocycles. The van der Waals surface area contributed by atoms with E-state index in [0.717, 1.165) is 0 Å². The number of esters is 1. The number of aromatic nitrogens is 1. The van der Waals surface area contributed by atoms with Crippen molar-refractivity contribution >= 4 is 45.9 Å². The molecule has 1 aliphatic heterocycles. The van der Waals surface area contributed by atoms with Crippen molar-refractivity contribution in [2.24, 2.45) is 10.9 Å². The number of carbonyl (C=O) groups is 1. The lowest BCUT2D eigenvalue weighted by Gasteiger charge is -2.35. The Morgan fingerprint density at radius 1 is 1.39 bits per heavy atom. The first-order valence-electron chi connectivity index (χ1n) is 8.85. The summed E-state index contributed by atoms with van der Waals surface area (Å²) in [6.07, 6.45) is 1.36. The van der Waals surface area contributed by atoms with Crippen LogP contribution >= 0.6 is 24.0 Å². The predicted octanol–water partition coefficient (Wildman–Crippen LogP) is 0.515. The minimum absolute atomic E-state index is 0. The molecule has 0 saturated carbocycles. The van der Waals surface area contributed by atoms with E-state index >= 15 is 0 Å². The summed E-state index contributed by atoms with van der Waals surface area (Å²) in [4.78, 5) is 18.0. The molecule has 1 atom stereocenters. The van der Waals surface area contributed by atoms with Gasteiger partial charge in [0.2, 0.25) is 10.0 Å². The third-order valence-corrected chi connectivity index (χ3v) is 6.02. The van der Waals surface area contributed by atoms with Crippen LogP contribution in [0.4, 0.5) is 0 Å². The van der Waals surface area contributed by atoms with Gasteiger partial charge in [-0.3, -0.25) is 9.79 Å². The van der Waals surface area contributed by atoms with Gasteiger partial charge in [-0.25, -0.2) is 8.42 Å². The highest BCUT2D eigenvalue weighted by atomic mass is 127. The minimum Gasteiger partial charge on any atom is -0.469 e. The molecule has 0 radical (unpaired) electrons. The Morgan fingerprint density at radius 3 is 2.61 bits per heavy atom. The zero-order valence-electron chi connectivity index (χ0n) is 16.3. The first kappa shape index (κ1) is 24.6. The van der Waals surface area contributed by atoms with Crippen LogP contribution in [0.1, 0.15) is 19.5 Å². The fourth-order valence-corrected chi connectivity index (χ4v) is 4.12. The van der Waals surface area contributed by atoms with Gasteiger partial charge in [-0.2, -0.15) is 4.31 Å². The number of nitrogens with zero attached hydrogens (tertiary/aromatic N) is 4. The average molecular weight is 529 g/mol. The predicted molar refractivity (Wildman–Crippen MR) is 115 cm³/mol. The topological polar surface area (TPSA) is 117 Å². The molecule has 10 nitrogen and oxygen atoms in total. The lowest BCUT2D eigenvalue weighted by molar-refractivity contribution is -0.144. The summed E-state index contributed by atoms with van der Waals surface area (Å²) in [5, 5.41) is 6.86. The van der Waals surface area contributed by atoms with E-state index in [0.29, 0.717) is 50.9 Å². The van der Waals surface area contributed by atoms with E-state index < -0.39 is 10.0 Å². The Kier molecular flexibility index (Phi) is 10.2. The molecule has 28 heavy (non-hydrogen) atoms. The summed E-state index contributed by atoms with van der Waals surface area (Å²) < 4.78 is 35.9. The summed E-state index contributed by atoms with van der Waals surface area (Å²) in [7, 11) is -2.09. The third kappa shape index (κ3) is 6.88. The van der Waals surface area contributed by atoms with E-state index in [9.17, 15) is 13.2 Å². The summed E-state index contributed by atoms with van der Waals surface area (Å²) in [6.45, 7) is 6.43. The number of aliphatic imine (C=N–C) groups is 1. The summed E-state index contributed by atoms with van der Waals surface area (Å²) in [5.74, 6) is -0.151. The molecule has 0 aliphatic carbocycles. The molecule has 1 N–H and O–H groups in total. The standard InChI is InChI=1S/C16H27N5O5S.HI/c1-4-17-16(18-11-13(2)15(22)25-3)20-6-8-21(9-7-20)27(23,24)12-14-5-10-26-19-14;/h5,10,13H,4,6-9,11-12H2,1-3H3,(H,17,18);1H. The Bertz CT molecular complexity index is 733. The molecule has 0 amide bonds. The van der Waals surface area contributed by atoms with Crippen molar-refractivity contribution in [3.8, 4) is 0 Å². The van der Waals surface area contributed by atoms with E-state index in [4.69, 9.17) is 9.26 Å². The molecule has 2 rings (SSSR count). The van der Waals surface area contributed by atoms with Crippen molar-refractivity contribution in [2.45, 2.75) is 19.6 Å². The Morgan fingerprint density at radius 2 is 2.07 bits per heavy atom. The summed E-state index contributed by atoms with van der Waals surface area (Å²) in [5.41, 5.74) is 0.393. The van der Waals surface area contributed by atoms with E-state index in [1.165, 1.54) is 17.7 Å². The smallest absolute Gasteiger partial charge is 0.310 e. The SMILES string of the molecule is CCNC(=NCC(C)C(=O)OC)N1CCN(S(=O)(=O)Cc2ccon2)CC1.I. The van der Waals surface area contributed by atoms with E-state index in [1.807, 2.05) is 11.8 Å². The molecule has 1 saturated heterocycles. The van der Waals surface area contributed by atoms with Crippen molar-refractivity contribution in [3.05, 3.63) is 18.0 Å². The van der Waals surface area contributed by atoms with Gasteiger partial charge in [-0.05, 0) is 6.92 Å². The number of sulfonamides is 1. The largest absolute Gasteiger partial charge is 0.469 e. The average Bonchev–Trinajstić information content (AvgIpc) is 3.16. The second-order valence-corrected chi connectivity index (χ2v) is 8.22. The first-order chi connectivity index (χ1) is 12.9. The molecule has 1 fully saturated rings. The number of hydrogen-bond donors (Lipinski definition) is 1. The number of hydrogen-bond acceptors (Lipinski definition) is 7. The molecule has 160 valence electrons. The Hall–Kier alpha value is -1.41. The van der Waals surface area contributed by atoms with Gasteiger partial charge in [-0.15, -0.1) is 24.0 Å². The second kappa shape index (κ2) is 11.6. The van der Waals surface area contributed by atoms with Crippen molar-refractivity contribution in [1.82, 2.24) is 19.7 Å². The second-order valence-electron chi connectivity index (χ2n) is 6.25. The number of piperazine rings is 1. The fraction of sp³-hybridized carbons (Fsp3) is 0.688. The van der Waals surface area contributed by atoms with Crippen molar-refractivity contribution in [1.29, 1.82) is 0 Å². The van der Waals surface area contributed by atoms with Gasteiger partial charge in [0.15, 0.2) is 5.96 Å². The normalized spacial score (nSPS) is 17.0. The number of rotatable bonds is 7. The zero-order valence-corrected chi connectivity index (χ0v) is 19.5. The molecule has 1 aliphatic rings. The van der Waals surface area contributed by atoms with Crippen LogP contribution in [0.2, 0.25) is 0 Å². The van der Waals surface area contributed by atoms with Crippen LogP contribution in [0.25, 0.3) is 0 Å². The zero-order chi connectivity index (χ0) is 19.9. The molecular weight excluding hydrogens is 501 g/mol. The maximum atomic E-state index is 12.5. The first-order valence-corrected chi connectivity index (χ1v) is 10.5. The van der Waals surface area contributed by atoms with Crippen LogP contribution in [0.3, 0.4) is 0 Å². The Labute approximate surface area is 182 Å². The third-order valence-electron chi connectivity index (χ3n) is 4.21. The number of guanidine groups is 1. The van der Waals surface area contributed by atoms with Gasteiger partial charge >= 0.3 is 5.97 Å². The van der Waals surface area contributed by atoms with E-state index in [2.05, 4.69) is 15.5 Å². The van der Waals surface area contributed by atoms with Crippen molar-refractivity contribution in [3.63, 3.8) is 0 Å². The number of nitrogens with one attached hydrogen (secondary N) is 1. The molecule has 12 heteroatoms. The number of halogens is 1. The Balaban J connectivity index is 0.00000392. The van der Waals surface area contributed by atoms with Gasteiger partial charge < -0.3 is 19.5 Å². The highest BCUT2D eigenvalue weighted by molar-refractivity contribution is 14.0. The fourth-order valence-electron chi connectivity index (χ4n) is 2.69. The minimum atomic E-state index is -3.45. The summed E-state index contributed by atoms with van der Waals surface area (Å²) in [6, 6.07) is 1.55. The highest BCUT2D eigenvalue weighted by Gasteiger charge is 2.29. The molecule has 0 spiro atoms. The van der Waals surface area contributed by atoms with Crippen LogP contribution in [-0.2, 0) is 25.3 Å². The molecular formula is C16H28IN5O5S. The highest BCUT2D eigenvalue weighted by Crippen LogP contribution is 2.13. The number of methoxy groups -OCH3 is 1. The van der Waals surface area contributed by atoms with Crippen molar-refractivity contribution < 1.29 is 22.5 Å². The van der Waals surface area contributed by atoms with Crippen LogP contribution in [0.5, 0.6) is 0 Å². The van der Waals surface area contributed by atoms with Gasteiger partial charge in [0.1, 0.15) is 12.0 Å². The molecule has 2 heterocycles. The lowest BCUT2D eigenvalue weighted by Crippen LogP contribution is -2.54. The number of carbonyl (C=O) groups excluding carboxylic acids is 1. The lowest BCUT2D eigenvalue weighted by atomic mass is 10.2. The van der Waals surface area contributed by atoms with Crippen LogP contribution in [-0.4, -0.2) is 81.1 Å². The summed E-state index contributed by atoms with van der Waals surface area (Å²) >= 11 is 0. The maximum absolute atomic E-state index is 12.5. The van der Waals surface area contributed by atoms with Gasteiger partial charge in [0.25, 0.3) is 0 Å². The molecule has 0 aromatic carbocycles. The number of ether oxygens (including phenoxy) is 1. The van der Waals surface area contributed by atoms with Crippen LogP contribution in [0, 0.1) is 5.92 Å². The van der Waals surface area contributed by atoms with Gasteiger partial charge in [0, 0.05) is 38.8 Å². The van der Waals surface area contributed by atoms with Gasteiger partial charge in [0.05, 0.1) is 25.3 Å². The van der Waals surface area contributed by atoms with Gasteiger partial charge in [-0.1, -0.05) is 12.1 Å². The van der Waals surface area contributed by atoms with E-state index in [1.54, 1.807) is 13.0 Å². The quantitative estimate of drug-likeness (QED) is 0.235. The monoisotopic (exact) mass is 529 g/mol. The molecule has 1 unspecified atom stereocenters. The molecule has 0 bridgehead atoms.